The minimum atomic E-state index is -4.39. The van der Waals surface area contributed by atoms with Gasteiger partial charge in [0.05, 0.1) is 17.1 Å². The molecule has 1 atom stereocenters. The number of anilines is 1. The van der Waals surface area contributed by atoms with Crippen LogP contribution in [0.1, 0.15) is 66.7 Å². The van der Waals surface area contributed by atoms with Crippen LogP contribution in [0, 0.1) is 6.92 Å². The number of benzene rings is 2. The van der Waals surface area contributed by atoms with E-state index in [0.717, 1.165) is 48.2 Å². The summed E-state index contributed by atoms with van der Waals surface area (Å²) < 4.78 is 41.9. The van der Waals surface area contributed by atoms with Crippen LogP contribution in [0.25, 0.3) is 10.9 Å². The Labute approximate surface area is 229 Å². The van der Waals surface area contributed by atoms with Gasteiger partial charge in [-0.15, -0.1) is 5.10 Å². The quantitative estimate of drug-likeness (QED) is 0.365. The zero-order valence-corrected chi connectivity index (χ0v) is 22.4. The summed E-state index contributed by atoms with van der Waals surface area (Å²) in [5, 5.41) is 13.8. The van der Waals surface area contributed by atoms with E-state index in [1.54, 1.807) is 6.07 Å². The number of H-pyrrole nitrogens is 1. The maximum Gasteiger partial charge on any atom is 0.416 e. The van der Waals surface area contributed by atoms with Gasteiger partial charge in [-0.3, -0.25) is 9.69 Å². The van der Waals surface area contributed by atoms with Crippen molar-refractivity contribution in [3.8, 4) is 0 Å². The van der Waals surface area contributed by atoms with Gasteiger partial charge >= 0.3 is 6.18 Å². The number of pyridine rings is 1. The highest BCUT2D eigenvalue weighted by Gasteiger charge is 2.35. The molecule has 0 bridgehead atoms. The minimum absolute atomic E-state index is 0.175. The van der Waals surface area contributed by atoms with Crippen molar-refractivity contribution in [2.45, 2.75) is 57.3 Å². The summed E-state index contributed by atoms with van der Waals surface area (Å²) in [5.74, 6) is 0.636. The van der Waals surface area contributed by atoms with Gasteiger partial charge in [0.15, 0.2) is 5.82 Å². The van der Waals surface area contributed by atoms with Gasteiger partial charge in [0.2, 0.25) is 0 Å². The fourth-order valence-corrected chi connectivity index (χ4v) is 6.19. The molecule has 210 valence electrons. The molecule has 3 heterocycles. The Morgan fingerprint density at radius 1 is 0.975 bits per heavy atom. The average molecular weight is 552 g/mol. The lowest BCUT2D eigenvalue weighted by Gasteiger charge is -2.40. The molecule has 1 aliphatic heterocycles. The first-order chi connectivity index (χ1) is 19.3. The molecule has 2 aromatic heterocycles. The molecule has 2 aromatic carbocycles. The molecule has 2 fully saturated rings. The number of rotatable bonds is 5. The Balaban J connectivity index is 1.36. The molecule has 1 saturated heterocycles. The van der Waals surface area contributed by atoms with Gasteiger partial charge in [-0.25, -0.2) is 4.68 Å². The van der Waals surface area contributed by atoms with Crippen LogP contribution in [0.5, 0.6) is 0 Å². The minimum Gasteiger partial charge on any atom is -0.369 e. The first-order valence-corrected chi connectivity index (χ1v) is 13.9. The van der Waals surface area contributed by atoms with Crippen LogP contribution in [0.4, 0.5) is 18.9 Å². The topological polar surface area (TPSA) is 82.9 Å². The molecular formula is C29H32F3N7O. The third kappa shape index (κ3) is 5.10. The number of fused-ring (bicyclic) bond motifs is 1. The summed E-state index contributed by atoms with van der Waals surface area (Å²) in [7, 11) is 0. The summed E-state index contributed by atoms with van der Waals surface area (Å²) in [6.45, 7) is 4.04. The summed E-state index contributed by atoms with van der Waals surface area (Å²) in [6.07, 6.45) is 0.996. The van der Waals surface area contributed by atoms with E-state index >= 15 is 0 Å². The maximum atomic E-state index is 13.6. The lowest BCUT2D eigenvalue weighted by atomic mass is 9.95. The van der Waals surface area contributed by atoms with Gasteiger partial charge in [-0.1, -0.05) is 43.5 Å². The number of nitrogens with one attached hydrogen (secondary N) is 1. The molecule has 0 spiro atoms. The fourth-order valence-electron chi connectivity index (χ4n) is 6.19. The Kier molecular flexibility index (Phi) is 7.07. The molecule has 1 aliphatic carbocycles. The summed E-state index contributed by atoms with van der Waals surface area (Å²) in [6, 6.07) is 13.0. The molecule has 8 nitrogen and oxygen atoms in total. The zero-order valence-electron chi connectivity index (χ0n) is 22.4. The van der Waals surface area contributed by atoms with Crippen LogP contribution in [-0.4, -0.2) is 56.3 Å². The Morgan fingerprint density at radius 2 is 1.73 bits per heavy atom. The maximum absolute atomic E-state index is 13.6. The van der Waals surface area contributed by atoms with E-state index in [1.165, 1.54) is 18.6 Å². The number of aryl methyl sites for hydroxylation is 1. The van der Waals surface area contributed by atoms with Crippen LogP contribution in [0.3, 0.4) is 0 Å². The highest BCUT2D eigenvalue weighted by atomic mass is 19.4. The van der Waals surface area contributed by atoms with Gasteiger partial charge in [-0.2, -0.15) is 13.2 Å². The summed E-state index contributed by atoms with van der Waals surface area (Å²) in [4.78, 5) is 20.8. The number of aromatic nitrogens is 5. The standard InChI is InChI=1S/C29H32F3N7O/c1-19-7-5-8-20-17-24(28(40)33-25(19)20)26(27-34-35-36-39(27)22-10-3-2-4-11-22)38-15-13-37(14-16-38)23-12-6-9-21(18-23)29(30,31)32/h5-9,12,17-18,22,26H,2-4,10-11,13-16H2,1H3,(H,33,40)/t26-/m0/s1. The van der Waals surface area contributed by atoms with E-state index in [0.29, 0.717) is 43.3 Å². The highest BCUT2D eigenvalue weighted by Crippen LogP contribution is 2.35. The van der Waals surface area contributed by atoms with E-state index in [2.05, 4.69) is 25.4 Å². The van der Waals surface area contributed by atoms with E-state index in [1.807, 2.05) is 40.8 Å². The molecule has 1 N–H and O–H groups in total. The number of nitrogens with zero attached hydrogens (tertiary/aromatic N) is 6. The predicted octanol–water partition coefficient (Wildman–Crippen LogP) is 5.26. The van der Waals surface area contributed by atoms with Crippen molar-refractivity contribution in [2.75, 3.05) is 31.1 Å². The second-order valence-corrected chi connectivity index (χ2v) is 10.8. The van der Waals surface area contributed by atoms with Crippen LogP contribution < -0.4 is 10.5 Å². The number of hydrogen-bond donors (Lipinski definition) is 1. The van der Waals surface area contributed by atoms with Crippen LogP contribution in [0.15, 0.2) is 53.3 Å². The van der Waals surface area contributed by atoms with Crippen molar-refractivity contribution in [3.05, 3.63) is 81.4 Å². The second-order valence-electron chi connectivity index (χ2n) is 10.8. The Morgan fingerprint density at radius 3 is 2.48 bits per heavy atom. The van der Waals surface area contributed by atoms with E-state index in [4.69, 9.17) is 0 Å². The largest absolute Gasteiger partial charge is 0.416 e. The summed E-state index contributed by atoms with van der Waals surface area (Å²) in [5.41, 5.74) is 2.05. The number of halogens is 3. The smallest absolute Gasteiger partial charge is 0.369 e. The van der Waals surface area contributed by atoms with E-state index in [-0.39, 0.29) is 11.6 Å². The van der Waals surface area contributed by atoms with Gasteiger partial charge in [0.1, 0.15) is 6.04 Å². The van der Waals surface area contributed by atoms with Gasteiger partial charge in [-0.05, 0) is 65.4 Å². The molecular weight excluding hydrogens is 519 g/mol. The number of para-hydroxylation sites is 1. The van der Waals surface area contributed by atoms with Gasteiger partial charge in [0.25, 0.3) is 5.56 Å². The van der Waals surface area contributed by atoms with Crippen molar-refractivity contribution in [2.24, 2.45) is 0 Å². The van der Waals surface area contributed by atoms with Crippen LogP contribution >= 0.6 is 0 Å². The molecule has 0 radical (unpaired) electrons. The number of tetrazole rings is 1. The van der Waals surface area contributed by atoms with E-state index in [9.17, 15) is 18.0 Å². The van der Waals surface area contributed by atoms with Crippen molar-refractivity contribution >= 4 is 16.6 Å². The van der Waals surface area contributed by atoms with Crippen LogP contribution in [0.2, 0.25) is 0 Å². The molecule has 2 aliphatic rings. The molecule has 40 heavy (non-hydrogen) atoms. The molecule has 0 unspecified atom stereocenters. The number of piperazine rings is 1. The van der Waals surface area contributed by atoms with Crippen molar-refractivity contribution in [1.82, 2.24) is 30.1 Å². The second kappa shape index (κ2) is 10.7. The number of aromatic amines is 1. The van der Waals surface area contributed by atoms with Crippen molar-refractivity contribution in [1.29, 1.82) is 0 Å². The third-order valence-electron chi connectivity index (χ3n) is 8.31. The first kappa shape index (κ1) is 26.5. The highest BCUT2D eigenvalue weighted by molar-refractivity contribution is 5.82. The van der Waals surface area contributed by atoms with Crippen molar-refractivity contribution < 1.29 is 13.2 Å². The zero-order chi connectivity index (χ0) is 27.9. The van der Waals surface area contributed by atoms with Gasteiger partial charge in [0, 0.05) is 37.4 Å². The van der Waals surface area contributed by atoms with Crippen LogP contribution in [-0.2, 0) is 6.18 Å². The lowest BCUT2D eigenvalue weighted by molar-refractivity contribution is -0.137. The average Bonchev–Trinajstić information content (AvgIpc) is 3.44. The monoisotopic (exact) mass is 551 g/mol. The molecule has 0 amide bonds. The molecule has 1 saturated carbocycles. The fraction of sp³-hybridized carbons (Fsp3) is 0.448. The molecule has 11 heteroatoms. The van der Waals surface area contributed by atoms with Crippen molar-refractivity contribution in [3.63, 3.8) is 0 Å². The predicted molar refractivity (Wildman–Crippen MR) is 146 cm³/mol. The van der Waals surface area contributed by atoms with E-state index < -0.39 is 17.8 Å². The molecule has 4 aromatic rings. The third-order valence-corrected chi connectivity index (χ3v) is 8.31. The normalized spacial score (nSPS) is 18.4. The first-order valence-electron chi connectivity index (χ1n) is 13.9. The SMILES string of the molecule is Cc1cccc2cc([C@@H](c3nnnn3C3CCCCC3)N3CCN(c4cccc(C(F)(F)F)c4)CC3)c(=O)[nH]c12. The Hall–Kier alpha value is -3.73. The Bertz CT molecular complexity index is 1550. The van der Waals surface area contributed by atoms with Gasteiger partial charge < -0.3 is 9.88 Å². The molecule has 6 rings (SSSR count). The lowest BCUT2D eigenvalue weighted by Crippen LogP contribution is -2.49. The summed E-state index contributed by atoms with van der Waals surface area (Å²) >= 11 is 0. The number of alkyl halides is 3. The number of hydrogen-bond acceptors (Lipinski definition) is 6.